The van der Waals surface area contributed by atoms with Crippen LogP contribution in [0.5, 0.6) is 0 Å². The Morgan fingerprint density at radius 2 is 1.92 bits per heavy atom. The summed E-state index contributed by atoms with van der Waals surface area (Å²) in [7, 11) is 0. The smallest absolute Gasteiger partial charge is 0.251 e. The van der Waals surface area contributed by atoms with E-state index in [1.807, 2.05) is 41.8 Å². The number of carbonyl (C=O) groups is 1. The molecule has 4 rings (SSSR count). The molecule has 5 nitrogen and oxygen atoms in total. The van der Waals surface area contributed by atoms with Crippen LogP contribution in [0, 0.1) is 0 Å². The Hall–Kier alpha value is -2.73. The molecule has 0 radical (unpaired) electrons. The van der Waals surface area contributed by atoms with Gasteiger partial charge in [0.15, 0.2) is 0 Å². The van der Waals surface area contributed by atoms with Crippen LogP contribution in [0.15, 0.2) is 54.0 Å². The van der Waals surface area contributed by atoms with Gasteiger partial charge in [-0.05, 0) is 48.1 Å². The number of carbonyl (C=O) groups excluding carboxylic acids is 1. The van der Waals surface area contributed by atoms with E-state index < -0.39 is 0 Å². The van der Waals surface area contributed by atoms with Crippen LogP contribution in [0.3, 0.4) is 0 Å². The van der Waals surface area contributed by atoms with E-state index >= 15 is 0 Å². The van der Waals surface area contributed by atoms with Gasteiger partial charge < -0.3 is 10.2 Å². The van der Waals surface area contributed by atoms with Gasteiger partial charge in [-0.2, -0.15) is 0 Å². The molecule has 0 atom stereocenters. The van der Waals surface area contributed by atoms with E-state index in [1.54, 1.807) is 17.5 Å². The normalized spacial score (nSPS) is 13.8. The molecule has 1 saturated heterocycles. The van der Waals surface area contributed by atoms with Crippen molar-refractivity contribution in [1.82, 2.24) is 15.3 Å². The molecule has 26 heavy (non-hydrogen) atoms. The minimum absolute atomic E-state index is 0.113. The van der Waals surface area contributed by atoms with E-state index in [0.29, 0.717) is 17.9 Å². The fourth-order valence-corrected chi connectivity index (χ4v) is 3.82. The van der Waals surface area contributed by atoms with Crippen molar-refractivity contribution in [3.8, 4) is 10.4 Å². The predicted octanol–water partition coefficient (Wildman–Crippen LogP) is 3.74. The lowest BCUT2D eigenvalue weighted by Gasteiger charge is -2.16. The molecule has 0 bridgehead atoms. The molecule has 1 amide bonds. The zero-order chi connectivity index (χ0) is 17.8. The summed E-state index contributed by atoms with van der Waals surface area (Å²) < 4.78 is 0. The molecule has 3 heterocycles. The maximum atomic E-state index is 12.4. The van der Waals surface area contributed by atoms with Crippen LogP contribution in [0.2, 0.25) is 0 Å². The van der Waals surface area contributed by atoms with E-state index in [1.165, 1.54) is 17.7 Å². The van der Waals surface area contributed by atoms with Gasteiger partial charge >= 0.3 is 0 Å². The molecular formula is C20H20N4OS. The predicted molar refractivity (Wildman–Crippen MR) is 104 cm³/mol. The van der Waals surface area contributed by atoms with Crippen molar-refractivity contribution in [3.63, 3.8) is 0 Å². The third-order valence-electron chi connectivity index (χ3n) is 4.48. The molecule has 0 aliphatic carbocycles. The van der Waals surface area contributed by atoms with Crippen LogP contribution in [0.1, 0.15) is 29.0 Å². The molecule has 3 aromatic rings. The Morgan fingerprint density at radius 3 is 2.65 bits per heavy atom. The monoisotopic (exact) mass is 364 g/mol. The van der Waals surface area contributed by atoms with Crippen molar-refractivity contribution >= 4 is 23.1 Å². The minimum atomic E-state index is -0.113. The number of rotatable bonds is 5. The lowest BCUT2D eigenvalue weighted by atomic mass is 10.1. The number of hydrogen-bond acceptors (Lipinski definition) is 5. The average Bonchev–Trinajstić information content (AvgIpc) is 3.40. The van der Waals surface area contributed by atoms with E-state index in [4.69, 9.17) is 0 Å². The average molecular weight is 364 g/mol. The molecule has 132 valence electrons. The van der Waals surface area contributed by atoms with E-state index in [0.717, 1.165) is 24.5 Å². The highest BCUT2D eigenvalue weighted by Gasteiger charge is 2.14. The van der Waals surface area contributed by atoms with Gasteiger partial charge in [0.1, 0.15) is 11.6 Å². The molecule has 1 aromatic carbocycles. The van der Waals surface area contributed by atoms with Gasteiger partial charge in [-0.3, -0.25) is 4.79 Å². The number of aromatic nitrogens is 2. The molecular weight excluding hydrogens is 344 g/mol. The summed E-state index contributed by atoms with van der Waals surface area (Å²) in [4.78, 5) is 24.7. The third kappa shape index (κ3) is 3.75. The molecule has 6 heteroatoms. The third-order valence-corrected chi connectivity index (χ3v) is 5.40. The highest BCUT2D eigenvalue weighted by Crippen LogP contribution is 2.24. The van der Waals surface area contributed by atoms with Crippen LogP contribution >= 0.6 is 11.3 Å². The Balaban J connectivity index is 1.38. The van der Waals surface area contributed by atoms with Crippen LogP contribution in [0.25, 0.3) is 10.4 Å². The molecule has 0 unspecified atom stereocenters. The summed E-state index contributed by atoms with van der Waals surface area (Å²) >= 11 is 1.69. The number of nitrogens with one attached hydrogen (secondary N) is 1. The van der Waals surface area contributed by atoms with Crippen LogP contribution < -0.4 is 10.2 Å². The Labute approximate surface area is 156 Å². The maximum Gasteiger partial charge on any atom is 0.251 e. The molecule has 1 aliphatic heterocycles. The van der Waals surface area contributed by atoms with E-state index in [9.17, 15) is 4.79 Å². The second kappa shape index (κ2) is 7.66. The summed E-state index contributed by atoms with van der Waals surface area (Å²) in [5.41, 5.74) is 1.76. The van der Waals surface area contributed by atoms with Crippen LogP contribution in [-0.4, -0.2) is 29.0 Å². The Kier molecular flexibility index (Phi) is 4.93. The standard InChI is InChI=1S/C20H20N4OS/c25-20(16-7-5-15(6-8-16)17-4-3-13-26-17)22-14-18-21-10-9-19(23-18)24-11-1-2-12-24/h3-10,13H,1-2,11-12,14H2,(H,22,25). The van der Waals surface area contributed by atoms with Crippen molar-refractivity contribution in [3.05, 3.63) is 65.4 Å². The van der Waals surface area contributed by atoms with Crippen molar-refractivity contribution < 1.29 is 4.79 Å². The van der Waals surface area contributed by atoms with Crippen molar-refractivity contribution in [2.24, 2.45) is 0 Å². The van der Waals surface area contributed by atoms with Crippen LogP contribution in [-0.2, 0) is 6.54 Å². The number of anilines is 1. The molecule has 2 aromatic heterocycles. The first-order chi connectivity index (χ1) is 12.8. The highest BCUT2D eigenvalue weighted by atomic mass is 32.1. The Bertz CT molecular complexity index is 871. The number of benzene rings is 1. The molecule has 0 saturated carbocycles. The topological polar surface area (TPSA) is 58.1 Å². The minimum Gasteiger partial charge on any atom is -0.357 e. The molecule has 1 fully saturated rings. The lowest BCUT2D eigenvalue weighted by Crippen LogP contribution is -2.25. The van der Waals surface area contributed by atoms with Gasteiger partial charge in [0.05, 0.1) is 6.54 Å². The van der Waals surface area contributed by atoms with Crippen molar-refractivity contribution in [2.45, 2.75) is 19.4 Å². The zero-order valence-electron chi connectivity index (χ0n) is 14.4. The van der Waals surface area contributed by atoms with Gasteiger partial charge in [-0.25, -0.2) is 9.97 Å². The summed E-state index contributed by atoms with van der Waals surface area (Å²) in [6, 6.07) is 13.7. The highest BCUT2D eigenvalue weighted by molar-refractivity contribution is 7.13. The summed E-state index contributed by atoms with van der Waals surface area (Å²) in [5.74, 6) is 1.47. The second-order valence-electron chi connectivity index (χ2n) is 6.26. The first-order valence-corrected chi connectivity index (χ1v) is 9.66. The summed E-state index contributed by atoms with van der Waals surface area (Å²) in [5, 5.41) is 4.96. The molecule has 1 aliphatic rings. The summed E-state index contributed by atoms with van der Waals surface area (Å²) in [6.07, 6.45) is 4.17. The first kappa shape index (κ1) is 16.7. The number of hydrogen-bond donors (Lipinski definition) is 1. The van der Waals surface area contributed by atoms with E-state index in [2.05, 4.69) is 26.3 Å². The van der Waals surface area contributed by atoms with Crippen LogP contribution in [0.4, 0.5) is 5.82 Å². The van der Waals surface area contributed by atoms with Gasteiger partial charge in [0.2, 0.25) is 0 Å². The zero-order valence-corrected chi connectivity index (χ0v) is 15.2. The Morgan fingerprint density at radius 1 is 1.12 bits per heavy atom. The number of amides is 1. The second-order valence-corrected chi connectivity index (χ2v) is 7.21. The van der Waals surface area contributed by atoms with Crippen molar-refractivity contribution in [2.75, 3.05) is 18.0 Å². The largest absolute Gasteiger partial charge is 0.357 e. The van der Waals surface area contributed by atoms with Gasteiger partial charge in [0, 0.05) is 29.7 Å². The summed E-state index contributed by atoms with van der Waals surface area (Å²) in [6.45, 7) is 2.41. The van der Waals surface area contributed by atoms with E-state index in [-0.39, 0.29) is 5.91 Å². The fraction of sp³-hybridized carbons (Fsp3) is 0.250. The number of nitrogens with zero attached hydrogens (tertiary/aromatic N) is 3. The lowest BCUT2D eigenvalue weighted by molar-refractivity contribution is 0.0950. The van der Waals surface area contributed by atoms with Crippen molar-refractivity contribution in [1.29, 1.82) is 0 Å². The van der Waals surface area contributed by atoms with Gasteiger partial charge in [-0.1, -0.05) is 18.2 Å². The molecule has 1 N–H and O–H groups in total. The fourth-order valence-electron chi connectivity index (χ4n) is 3.09. The quantitative estimate of drug-likeness (QED) is 0.749. The van der Waals surface area contributed by atoms with Gasteiger partial charge in [0.25, 0.3) is 5.91 Å². The van der Waals surface area contributed by atoms with Gasteiger partial charge in [-0.15, -0.1) is 11.3 Å². The first-order valence-electron chi connectivity index (χ1n) is 8.78. The maximum absolute atomic E-state index is 12.4. The number of thiophene rings is 1. The molecule has 0 spiro atoms. The SMILES string of the molecule is O=C(NCc1nccc(N2CCCC2)n1)c1ccc(-c2cccs2)cc1.